The highest BCUT2D eigenvalue weighted by Gasteiger charge is 2.16. The Morgan fingerprint density at radius 2 is 2.10 bits per heavy atom. The largest absolute Gasteiger partial charge is 0.477 e. The van der Waals surface area contributed by atoms with Gasteiger partial charge in [-0.1, -0.05) is 13.0 Å². The molecule has 0 amide bonds. The number of halogens is 1. The predicted octanol–water partition coefficient (Wildman–Crippen LogP) is 5.47. The molecule has 5 nitrogen and oxygen atoms in total. The number of hydrogen-bond acceptors (Lipinski definition) is 6. The number of hydrogen-bond donors (Lipinski definition) is 2. The maximum Gasteiger partial charge on any atom is 0.346 e. The zero-order valence-electron chi connectivity index (χ0n) is 15.6. The summed E-state index contributed by atoms with van der Waals surface area (Å²) in [7, 11) is 0. The molecule has 29 heavy (non-hydrogen) atoms. The third-order valence-corrected chi connectivity index (χ3v) is 6.72. The summed E-state index contributed by atoms with van der Waals surface area (Å²) in [5, 5.41) is 15.4. The molecule has 1 aromatic carbocycles. The monoisotopic (exact) mass is 427 g/mol. The summed E-state index contributed by atoms with van der Waals surface area (Å²) in [4.78, 5) is 21.1. The zero-order valence-corrected chi connectivity index (χ0v) is 17.2. The normalized spacial score (nSPS) is 11.1. The van der Waals surface area contributed by atoms with Gasteiger partial charge in [0.05, 0.1) is 15.3 Å². The first-order chi connectivity index (χ1) is 14.0. The quantitative estimate of drug-likeness (QED) is 0.409. The van der Waals surface area contributed by atoms with Gasteiger partial charge < -0.3 is 10.4 Å². The van der Waals surface area contributed by atoms with Crippen molar-refractivity contribution in [2.24, 2.45) is 0 Å². The topological polar surface area (TPSA) is 75.1 Å². The minimum absolute atomic E-state index is 0.185. The Labute approximate surface area is 174 Å². The standard InChI is InChI=1S/C21H18FN3O2S2/c1-2-13-9-17(29-20(13)21(26)27)16-10-18(25-11-24-16)23-5-3-12-7-14-4-6-28-19(14)15(22)8-12/h4,6-11H,2-3,5H2,1H3,(H,26,27)(H,23,24,25). The van der Waals surface area contributed by atoms with E-state index in [2.05, 4.69) is 15.3 Å². The van der Waals surface area contributed by atoms with Crippen molar-refractivity contribution in [2.45, 2.75) is 19.8 Å². The lowest BCUT2D eigenvalue weighted by Gasteiger charge is -2.07. The van der Waals surface area contributed by atoms with Gasteiger partial charge in [-0.3, -0.25) is 0 Å². The molecular formula is C21H18FN3O2S2. The molecule has 0 aliphatic carbocycles. The molecule has 0 atom stereocenters. The summed E-state index contributed by atoms with van der Waals surface area (Å²) in [6.07, 6.45) is 2.77. The summed E-state index contributed by atoms with van der Waals surface area (Å²) < 4.78 is 14.8. The molecule has 3 heterocycles. The van der Waals surface area contributed by atoms with Crippen molar-refractivity contribution in [1.29, 1.82) is 0 Å². The van der Waals surface area contributed by atoms with Crippen LogP contribution in [0.25, 0.3) is 20.7 Å². The molecule has 0 aliphatic rings. The van der Waals surface area contributed by atoms with E-state index in [0.29, 0.717) is 40.5 Å². The van der Waals surface area contributed by atoms with Gasteiger partial charge in [0, 0.05) is 12.6 Å². The summed E-state index contributed by atoms with van der Waals surface area (Å²) in [6, 6.07) is 9.19. The highest BCUT2D eigenvalue weighted by Crippen LogP contribution is 2.31. The van der Waals surface area contributed by atoms with E-state index in [0.717, 1.165) is 21.4 Å². The van der Waals surface area contributed by atoms with E-state index in [1.54, 1.807) is 12.1 Å². The summed E-state index contributed by atoms with van der Waals surface area (Å²) in [6.45, 7) is 2.53. The third kappa shape index (κ3) is 4.13. The molecule has 148 valence electrons. The SMILES string of the molecule is CCc1cc(-c2cc(NCCc3cc(F)c4sccc4c3)ncn2)sc1C(=O)O. The van der Waals surface area contributed by atoms with Crippen molar-refractivity contribution in [3.05, 3.63) is 63.9 Å². The van der Waals surface area contributed by atoms with Crippen molar-refractivity contribution in [3.8, 4) is 10.6 Å². The molecule has 4 rings (SSSR count). The van der Waals surface area contributed by atoms with Crippen LogP contribution in [-0.2, 0) is 12.8 Å². The van der Waals surface area contributed by atoms with E-state index in [9.17, 15) is 14.3 Å². The number of fused-ring (bicyclic) bond motifs is 1. The van der Waals surface area contributed by atoms with Crippen LogP contribution in [0.5, 0.6) is 0 Å². The molecule has 2 N–H and O–H groups in total. The highest BCUT2D eigenvalue weighted by molar-refractivity contribution is 7.17. The second-order valence-corrected chi connectivity index (χ2v) is 8.47. The van der Waals surface area contributed by atoms with Crippen LogP contribution in [0, 0.1) is 5.82 Å². The predicted molar refractivity (Wildman–Crippen MR) is 116 cm³/mol. The lowest BCUT2D eigenvalue weighted by Crippen LogP contribution is -2.06. The second-order valence-electron chi connectivity index (χ2n) is 6.51. The Morgan fingerprint density at radius 1 is 1.24 bits per heavy atom. The lowest BCUT2D eigenvalue weighted by atomic mass is 10.1. The van der Waals surface area contributed by atoms with E-state index in [4.69, 9.17) is 0 Å². The van der Waals surface area contributed by atoms with Gasteiger partial charge in [0.15, 0.2) is 0 Å². The van der Waals surface area contributed by atoms with E-state index in [1.165, 1.54) is 29.0 Å². The minimum Gasteiger partial charge on any atom is -0.477 e. The molecule has 0 saturated heterocycles. The van der Waals surface area contributed by atoms with Crippen molar-refractivity contribution in [1.82, 2.24) is 9.97 Å². The summed E-state index contributed by atoms with van der Waals surface area (Å²) >= 11 is 2.63. The second kappa shape index (κ2) is 8.26. The number of aromatic carboxylic acids is 1. The number of nitrogens with zero attached hydrogens (tertiary/aromatic N) is 2. The number of aryl methyl sites for hydroxylation is 1. The van der Waals surface area contributed by atoms with Gasteiger partial charge in [-0.05, 0) is 52.9 Å². The Balaban J connectivity index is 1.47. The van der Waals surface area contributed by atoms with Gasteiger partial charge in [-0.2, -0.15) is 0 Å². The molecule has 8 heteroatoms. The highest BCUT2D eigenvalue weighted by atomic mass is 32.1. The molecule has 0 spiro atoms. The van der Waals surface area contributed by atoms with Crippen molar-refractivity contribution < 1.29 is 14.3 Å². The molecular weight excluding hydrogens is 409 g/mol. The molecule has 4 aromatic rings. The van der Waals surface area contributed by atoms with Crippen molar-refractivity contribution >= 4 is 44.5 Å². The fourth-order valence-electron chi connectivity index (χ4n) is 3.16. The Kier molecular flexibility index (Phi) is 5.55. The number of rotatable bonds is 7. The van der Waals surface area contributed by atoms with Gasteiger partial charge in [-0.15, -0.1) is 22.7 Å². The van der Waals surface area contributed by atoms with Crippen LogP contribution in [0.4, 0.5) is 10.2 Å². The average molecular weight is 428 g/mol. The van der Waals surface area contributed by atoms with Gasteiger partial charge in [0.2, 0.25) is 0 Å². The Bertz CT molecular complexity index is 1190. The first kappa shape index (κ1) is 19.5. The average Bonchev–Trinajstić information content (AvgIpc) is 3.35. The number of benzene rings is 1. The van der Waals surface area contributed by atoms with E-state index >= 15 is 0 Å². The van der Waals surface area contributed by atoms with Crippen LogP contribution >= 0.6 is 22.7 Å². The summed E-state index contributed by atoms with van der Waals surface area (Å²) in [5.41, 5.74) is 2.41. The number of carboxylic acid groups (broad SMARTS) is 1. The molecule has 0 aliphatic heterocycles. The van der Waals surface area contributed by atoms with Crippen LogP contribution in [-0.4, -0.2) is 27.6 Å². The molecule has 0 fully saturated rings. The van der Waals surface area contributed by atoms with Gasteiger partial charge in [0.1, 0.15) is 22.8 Å². The van der Waals surface area contributed by atoms with Crippen LogP contribution < -0.4 is 5.32 Å². The lowest BCUT2D eigenvalue weighted by molar-refractivity contribution is 0.0701. The van der Waals surface area contributed by atoms with Gasteiger partial charge in [0.25, 0.3) is 0 Å². The third-order valence-electron chi connectivity index (χ3n) is 4.59. The van der Waals surface area contributed by atoms with Crippen LogP contribution in [0.15, 0.2) is 42.0 Å². The molecule has 0 saturated carbocycles. The van der Waals surface area contributed by atoms with E-state index < -0.39 is 5.97 Å². The number of carbonyl (C=O) groups is 1. The van der Waals surface area contributed by atoms with E-state index in [-0.39, 0.29) is 5.82 Å². The fourth-order valence-corrected chi connectivity index (χ4v) is 5.01. The molecule has 0 radical (unpaired) electrons. The Morgan fingerprint density at radius 3 is 2.86 bits per heavy atom. The van der Waals surface area contributed by atoms with Gasteiger partial charge in [-0.25, -0.2) is 19.2 Å². The molecule has 0 bridgehead atoms. The maximum absolute atomic E-state index is 14.1. The number of thiophene rings is 2. The number of carboxylic acids is 1. The van der Waals surface area contributed by atoms with Crippen molar-refractivity contribution in [3.63, 3.8) is 0 Å². The minimum atomic E-state index is -0.916. The number of aromatic nitrogens is 2. The van der Waals surface area contributed by atoms with Crippen LogP contribution in [0.3, 0.4) is 0 Å². The maximum atomic E-state index is 14.1. The molecule has 3 aromatic heterocycles. The molecule has 0 unspecified atom stereocenters. The van der Waals surface area contributed by atoms with Crippen LogP contribution in [0.2, 0.25) is 0 Å². The zero-order chi connectivity index (χ0) is 20.4. The van der Waals surface area contributed by atoms with Gasteiger partial charge >= 0.3 is 5.97 Å². The fraction of sp³-hybridized carbons (Fsp3) is 0.190. The number of anilines is 1. The Hall–Kier alpha value is -2.84. The summed E-state index contributed by atoms with van der Waals surface area (Å²) in [5.74, 6) is -0.453. The smallest absolute Gasteiger partial charge is 0.346 e. The first-order valence-electron chi connectivity index (χ1n) is 9.13. The number of nitrogens with one attached hydrogen (secondary N) is 1. The van der Waals surface area contributed by atoms with Crippen LogP contribution in [0.1, 0.15) is 27.7 Å². The van der Waals surface area contributed by atoms with E-state index in [1.807, 2.05) is 30.5 Å². The van der Waals surface area contributed by atoms with Crippen molar-refractivity contribution in [2.75, 3.05) is 11.9 Å². The first-order valence-corrected chi connectivity index (χ1v) is 10.8.